The summed E-state index contributed by atoms with van der Waals surface area (Å²) in [6.45, 7) is 5.34. The fraction of sp³-hybridized carbons (Fsp3) is 0.176. The smallest absolute Gasteiger partial charge is 0.311 e. The molecule has 0 saturated heterocycles. The zero-order valence-electron chi connectivity index (χ0n) is 25.5. The van der Waals surface area contributed by atoms with Crippen molar-refractivity contribution in [3.8, 4) is 22.9 Å². The average molecular weight is 624 g/mol. The number of fused-ring (bicyclic) bond motifs is 1. The molecule has 46 heavy (non-hydrogen) atoms. The van der Waals surface area contributed by atoms with Gasteiger partial charge in [-0.3, -0.25) is 19.7 Å². The number of nitro groups is 1. The third-order valence-electron chi connectivity index (χ3n) is 7.20. The van der Waals surface area contributed by atoms with Gasteiger partial charge in [-0.1, -0.05) is 32.0 Å². The Morgan fingerprint density at radius 1 is 1.11 bits per heavy atom. The minimum Gasteiger partial charge on any atom is -0.496 e. The van der Waals surface area contributed by atoms with Crippen molar-refractivity contribution < 1.29 is 23.6 Å². The van der Waals surface area contributed by atoms with Crippen molar-refractivity contribution in [1.29, 1.82) is 0 Å². The number of nitrogens with zero attached hydrogens (tertiary/aromatic N) is 4. The van der Waals surface area contributed by atoms with E-state index in [9.17, 15) is 24.1 Å². The number of rotatable bonds is 10. The molecule has 0 spiro atoms. The van der Waals surface area contributed by atoms with Crippen molar-refractivity contribution in [3.63, 3.8) is 0 Å². The number of hydrogen-bond acceptors (Lipinski definition) is 8. The molecule has 0 bridgehead atoms. The van der Waals surface area contributed by atoms with Gasteiger partial charge in [-0.15, -0.1) is 0 Å². The topological polar surface area (TPSA) is 138 Å². The maximum absolute atomic E-state index is 13.8. The van der Waals surface area contributed by atoms with E-state index in [2.05, 4.69) is 10.4 Å². The molecule has 1 heterocycles. The van der Waals surface area contributed by atoms with E-state index in [0.717, 1.165) is 15.8 Å². The molecular formula is C34H30FN5O6. The zero-order chi connectivity index (χ0) is 33.0. The van der Waals surface area contributed by atoms with E-state index in [1.165, 1.54) is 48.7 Å². The first-order valence-electron chi connectivity index (χ1n) is 14.3. The van der Waals surface area contributed by atoms with Crippen molar-refractivity contribution >= 4 is 34.4 Å². The van der Waals surface area contributed by atoms with Crippen LogP contribution in [-0.4, -0.2) is 40.4 Å². The van der Waals surface area contributed by atoms with Crippen molar-refractivity contribution in [1.82, 2.24) is 9.66 Å². The van der Waals surface area contributed by atoms with Gasteiger partial charge in [0.15, 0.2) is 12.4 Å². The highest BCUT2D eigenvalue weighted by Gasteiger charge is 2.21. The number of aromatic nitrogens is 2. The summed E-state index contributed by atoms with van der Waals surface area (Å²) in [7, 11) is 1.60. The first kappa shape index (κ1) is 31.5. The number of methoxy groups -OCH3 is 1. The molecule has 11 nitrogen and oxygen atoms in total. The fourth-order valence-electron chi connectivity index (χ4n) is 4.91. The molecular weight excluding hydrogens is 593 g/mol. The number of carbonyl (C=O) groups is 1. The van der Waals surface area contributed by atoms with Gasteiger partial charge in [-0.25, -0.2) is 9.37 Å². The third-order valence-corrected chi connectivity index (χ3v) is 7.20. The monoisotopic (exact) mass is 623 g/mol. The zero-order valence-corrected chi connectivity index (χ0v) is 25.5. The Morgan fingerprint density at radius 3 is 2.54 bits per heavy atom. The summed E-state index contributed by atoms with van der Waals surface area (Å²) in [5.41, 5.74) is 2.43. The number of ether oxygens (including phenoxy) is 2. The Morgan fingerprint density at radius 2 is 1.85 bits per heavy atom. The molecule has 0 aliphatic carbocycles. The SMILES string of the molecule is COc1cc(C)c(-c2nc3ccccc3c(=O)n2N=Cc2cccc([N+](=O)[O-])c2OCC(=O)Nc2ccc(F)cc2)cc1C(C)C. The summed E-state index contributed by atoms with van der Waals surface area (Å²) in [5.74, 6) is -0.255. The van der Waals surface area contributed by atoms with Crippen molar-refractivity contribution in [2.45, 2.75) is 26.7 Å². The lowest BCUT2D eigenvalue weighted by molar-refractivity contribution is -0.385. The van der Waals surface area contributed by atoms with Crippen LogP contribution < -0.4 is 20.3 Å². The van der Waals surface area contributed by atoms with Crippen LogP contribution >= 0.6 is 0 Å². The third kappa shape index (κ3) is 6.60. The summed E-state index contributed by atoms with van der Waals surface area (Å²) in [4.78, 5) is 42.5. The second-order valence-corrected chi connectivity index (χ2v) is 10.7. The summed E-state index contributed by atoms with van der Waals surface area (Å²) >= 11 is 0. The van der Waals surface area contributed by atoms with Crippen LogP contribution in [0.5, 0.6) is 11.5 Å². The summed E-state index contributed by atoms with van der Waals surface area (Å²) in [6, 6.07) is 20.0. The van der Waals surface area contributed by atoms with Crippen LogP contribution in [0.3, 0.4) is 0 Å². The maximum atomic E-state index is 13.8. The molecule has 0 radical (unpaired) electrons. The minimum absolute atomic E-state index is 0.100. The van der Waals surface area contributed by atoms with Gasteiger partial charge >= 0.3 is 5.69 Å². The lowest BCUT2D eigenvalue weighted by atomic mass is 9.96. The average Bonchev–Trinajstić information content (AvgIpc) is 3.04. The van der Waals surface area contributed by atoms with Crippen LogP contribution in [0, 0.1) is 22.9 Å². The molecule has 12 heteroatoms. The molecule has 5 rings (SSSR count). The van der Waals surface area contributed by atoms with Crippen molar-refractivity contribution in [2.75, 3.05) is 19.0 Å². The molecule has 0 saturated carbocycles. The molecule has 0 aliphatic heterocycles. The Balaban J connectivity index is 1.59. The van der Waals surface area contributed by atoms with E-state index in [1.807, 2.05) is 32.9 Å². The number of nitrogens with one attached hydrogen (secondary N) is 1. The van der Waals surface area contributed by atoms with Gasteiger partial charge in [0.2, 0.25) is 5.75 Å². The second kappa shape index (κ2) is 13.4. The molecule has 0 aliphatic rings. The van der Waals surface area contributed by atoms with Crippen molar-refractivity contribution in [2.24, 2.45) is 5.10 Å². The van der Waals surface area contributed by atoms with Crippen LogP contribution in [0.2, 0.25) is 0 Å². The molecule has 0 unspecified atom stereocenters. The Labute approximate surface area is 263 Å². The van der Waals surface area contributed by atoms with Crippen LogP contribution in [0.15, 0.2) is 88.8 Å². The van der Waals surface area contributed by atoms with Crippen LogP contribution in [0.4, 0.5) is 15.8 Å². The van der Waals surface area contributed by atoms with Gasteiger partial charge in [0, 0.05) is 22.9 Å². The molecule has 234 valence electrons. The molecule has 4 aromatic carbocycles. The van der Waals surface area contributed by atoms with Crippen LogP contribution in [0.1, 0.15) is 36.5 Å². The predicted octanol–water partition coefficient (Wildman–Crippen LogP) is 6.45. The summed E-state index contributed by atoms with van der Waals surface area (Å²) in [6.07, 6.45) is 1.25. The lowest BCUT2D eigenvalue weighted by Gasteiger charge is -2.17. The molecule has 1 aromatic heterocycles. The maximum Gasteiger partial charge on any atom is 0.311 e. The van der Waals surface area contributed by atoms with E-state index in [1.54, 1.807) is 31.4 Å². The fourth-order valence-corrected chi connectivity index (χ4v) is 4.91. The number of carbonyl (C=O) groups excluding carboxylic acids is 1. The quantitative estimate of drug-likeness (QED) is 0.107. The van der Waals surface area contributed by atoms with E-state index < -0.39 is 34.5 Å². The van der Waals surface area contributed by atoms with E-state index in [4.69, 9.17) is 14.5 Å². The number of amides is 1. The number of halogens is 1. The number of benzene rings is 4. The van der Waals surface area contributed by atoms with Gasteiger partial charge in [0.05, 0.1) is 29.2 Å². The van der Waals surface area contributed by atoms with E-state index >= 15 is 0 Å². The molecule has 1 amide bonds. The Kier molecular flexibility index (Phi) is 9.17. The highest BCUT2D eigenvalue weighted by atomic mass is 19.1. The number of aryl methyl sites for hydroxylation is 1. The summed E-state index contributed by atoms with van der Waals surface area (Å²) < 4.78 is 25.6. The Bertz CT molecular complexity index is 2040. The molecule has 0 fully saturated rings. The lowest BCUT2D eigenvalue weighted by Crippen LogP contribution is -2.21. The molecule has 1 N–H and O–H groups in total. The van der Waals surface area contributed by atoms with Gasteiger partial charge < -0.3 is 14.8 Å². The van der Waals surface area contributed by atoms with Gasteiger partial charge in [0.25, 0.3) is 11.5 Å². The first-order valence-corrected chi connectivity index (χ1v) is 14.3. The first-order chi connectivity index (χ1) is 22.1. The Hall–Kier alpha value is -5.91. The standard InChI is InChI=1S/C34H30FN5O6/c1-20(2)26-17-27(21(3)16-30(26)45-4)33-38-28-10-6-5-9-25(28)34(42)39(33)36-18-22-8-7-11-29(40(43)44)32(22)46-19-31(41)37-24-14-12-23(35)13-15-24/h5-18,20H,19H2,1-4H3,(H,37,41). The predicted molar refractivity (Wildman–Crippen MR) is 173 cm³/mol. The number of para-hydroxylation sites is 2. The largest absolute Gasteiger partial charge is 0.496 e. The van der Waals surface area contributed by atoms with Gasteiger partial charge in [0.1, 0.15) is 11.6 Å². The second-order valence-electron chi connectivity index (χ2n) is 10.7. The van der Waals surface area contributed by atoms with Crippen LogP contribution in [0.25, 0.3) is 22.3 Å². The summed E-state index contributed by atoms with van der Waals surface area (Å²) in [5, 5.41) is 19.2. The van der Waals surface area contributed by atoms with Crippen LogP contribution in [-0.2, 0) is 4.79 Å². The van der Waals surface area contributed by atoms with Gasteiger partial charge in [-0.05, 0) is 78.6 Å². The minimum atomic E-state index is -0.645. The van der Waals surface area contributed by atoms with Gasteiger partial charge in [-0.2, -0.15) is 9.78 Å². The molecule has 0 atom stereocenters. The number of anilines is 1. The highest BCUT2D eigenvalue weighted by molar-refractivity contribution is 5.92. The highest BCUT2D eigenvalue weighted by Crippen LogP contribution is 2.34. The number of hydrogen-bond donors (Lipinski definition) is 1. The van der Waals surface area contributed by atoms with Crippen molar-refractivity contribution in [3.05, 3.63) is 122 Å². The normalized spacial score (nSPS) is 11.3. The molecule has 5 aromatic rings. The number of nitro benzene ring substituents is 1. The van der Waals surface area contributed by atoms with E-state index in [0.29, 0.717) is 27.9 Å². The van der Waals surface area contributed by atoms with E-state index in [-0.39, 0.29) is 23.1 Å².